The molecule has 0 bridgehead atoms. The van der Waals surface area contributed by atoms with Crippen LogP contribution in [0.3, 0.4) is 0 Å². The Hall–Kier alpha value is -1.85. The number of aromatic nitrogens is 1. The lowest BCUT2D eigenvalue weighted by Crippen LogP contribution is -2.46. The molecule has 1 saturated carbocycles. The lowest BCUT2D eigenvalue weighted by atomic mass is 10.1. The Bertz CT molecular complexity index is 640. The Morgan fingerprint density at radius 1 is 1.33 bits per heavy atom. The highest BCUT2D eigenvalue weighted by Crippen LogP contribution is 2.49. The molecule has 0 spiro atoms. The first-order valence-electron chi connectivity index (χ1n) is 8.80. The van der Waals surface area contributed by atoms with Gasteiger partial charge in [0, 0.05) is 18.8 Å². The van der Waals surface area contributed by atoms with Gasteiger partial charge in [-0.05, 0) is 61.4 Å². The first-order valence-corrected chi connectivity index (χ1v) is 8.80. The fourth-order valence-corrected chi connectivity index (χ4v) is 3.18. The SMILES string of the molecule is c1coc(COCC[C@@H]2C[C@@H]2c2cncc(OC[C@@H]3CCN3)c2)c1. The molecular formula is C19H24N2O3. The molecule has 2 aliphatic rings. The smallest absolute Gasteiger partial charge is 0.137 e. The molecule has 3 atom stereocenters. The average molecular weight is 328 g/mol. The molecule has 0 unspecified atom stereocenters. The maximum Gasteiger partial charge on any atom is 0.137 e. The van der Waals surface area contributed by atoms with E-state index in [4.69, 9.17) is 13.9 Å². The van der Waals surface area contributed by atoms with E-state index in [0.29, 0.717) is 24.5 Å². The minimum atomic E-state index is 0.508. The Morgan fingerprint density at radius 2 is 2.29 bits per heavy atom. The summed E-state index contributed by atoms with van der Waals surface area (Å²) in [6, 6.07) is 6.49. The summed E-state index contributed by atoms with van der Waals surface area (Å²) >= 11 is 0. The molecule has 128 valence electrons. The van der Waals surface area contributed by atoms with Crippen molar-refractivity contribution in [3.8, 4) is 5.75 Å². The maximum absolute atomic E-state index is 5.84. The first kappa shape index (κ1) is 15.7. The fraction of sp³-hybridized carbons (Fsp3) is 0.526. The van der Waals surface area contributed by atoms with Crippen LogP contribution in [0.4, 0.5) is 0 Å². The zero-order valence-corrected chi connectivity index (χ0v) is 13.8. The molecule has 2 aromatic heterocycles. The highest BCUT2D eigenvalue weighted by atomic mass is 16.5. The predicted octanol–water partition coefficient (Wildman–Crippen LogP) is 3.13. The number of rotatable bonds is 9. The van der Waals surface area contributed by atoms with Gasteiger partial charge < -0.3 is 19.2 Å². The van der Waals surface area contributed by atoms with Crippen LogP contribution in [0, 0.1) is 5.92 Å². The van der Waals surface area contributed by atoms with Crippen molar-refractivity contribution in [3.05, 3.63) is 48.2 Å². The van der Waals surface area contributed by atoms with E-state index < -0.39 is 0 Å². The molecule has 1 aliphatic carbocycles. The molecule has 1 aliphatic heterocycles. The molecule has 1 saturated heterocycles. The maximum atomic E-state index is 5.84. The van der Waals surface area contributed by atoms with Crippen LogP contribution in [0.15, 0.2) is 41.3 Å². The molecule has 0 amide bonds. The van der Waals surface area contributed by atoms with Crippen molar-refractivity contribution in [2.75, 3.05) is 19.8 Å². The van der Waals surface area contributed by atoms with Crippen LogP contribution in [-0.4, -0.2) is 30.8 Å². The van der Waals surface area contributed by atoms with Gasteiger partial charge >= 0.3 is 0 Å². The van der Waals surface area contributed by atoms with Gasteiger partial charge in [-0.3, -0.25) is 4.98 Å². The number of pyridine rings is 1. The van der Waals surface area contributed by atoms with Crippen molar-refractivity contribution in [1.82, 2.24) is 10.3 Å². The predicted molar refractivity (Wildman–Crippen MR) is 90.0 cm³/mol. The number of nitrogens with zero attached hydrogens (tertiary/aromatic N) is 1. The Kier molecular flexibility index (Phi) is 4.81. The van der Waals surface area contributed by atoms with Crippen molar-refractivity contribution < 1.29 is 13.9 Å². The number of hydrogen-bond donors (Lipinski definition) is 1. The Balaban J connectivity index is 1.19. The van der Waals surface area contributed by atoms with Gasteiger partial charge in [0.2, 0.25) is 0 Å². The second kappa shape index (κ2) is 7.36. The minimum Gasteiger partial charge on any atom is -0.490 e. The van der Waals surface area contributed by atoms with Crippen LogP contribution in [0.5, 0.6) is 5.75 Å². The van der Waals surface area contributed by atoms with Crippen molar-refractivity contribution in [1.29, 1.82) is 0 Å². The largest absolute Gasteiger partial charge is 0.490 e. The van der Waals surface area contributed by atoms with Crippen molar-refractivity contribution >= 4 is 0 Å². The summed E-state index contributed by atoms with van der Waals surface area (Å²) in [5, 5.41) is 3.35. The molecule has 5 heteroatoms. The van der Waals surface area contributed by atoms with E-state index >= 15 is 0 Å². The molecule has 5 nitrogen and oxygen atoms in total. The van der Waals surface area contributed by atoms with E-state index in [1.54, 1.807) is 6.26 Å². The van der Waals surface area contributed by atoms with Crippen LogP contribution in [0.1, 0.15) is 36.5 Å². The van der Waals surface area contributed by atoms with Crippen molar-refractivity contribution in [3.63, 3.8) is 0 Å². The Morgan fingerprint density at radius 3 is 3.08 bits per heavy atom. The molecule has 0 radical (unpaired) electrons. The quantitative estimate of drug-likeness (QED) is 0.717. The standard InChI is InChI=1S/C19H24N2O3/c1-2-17(23-6-1)13-22-7-4-14-9-19(14)15-8-18(11-20-10-15)24-12-16-3-5-21-16/h1-2,6,8,10-11,14,16,19,21H,3-5,7,9,12-13H2/t14-,16+,19+/m1/s1. The normalized spacial score (nSPS) is 25.2. The van der Waals surface area contributed by atoms with E-state index in [-0.39, 0.29) is 0 Å². The van der Waals surface area contributed by atoms with E-state index in [1.807, 2.05) is 24.5 Å². The van der Waals surface area contributed by atoms with Gasteiger partial charge in [-0.1, -0.05) is 0 Å². The summed E-state index contributed by atoms with van der Waals surface area (Å²) in [5.74, 6) is 3.08. The third-order valence-electron chi connectivity index (χ3n) is 4.92. The second-order valence-corrected chi connectivity index (χ2v) is 6.73. The highest BCUT2D eigenvalue weighted by Gasteiger charge is 2.38. The molecule has 4 rings (SSSR count). The third-order valence-corrected chi connectivity index (χ3v) is 4.92. The number of hydrogen-bond acceptors (Lipinski definition) is 5. The minimum absolute atomic E-state index is 0.508. The topological polar surface area (TPSA) is 56.5 Å². The van der Waals surface area contributed by atoms with Gasteiger partial charge in [-0.2, -0.15) is 0 Å². The number of furan rings is 1. The summed E-state index contributed by atoms with van der Waals surface area (Å²) in [6.07, 6.45) is 8.98. The van der Waals surface area contributed by atoms with Gasteiger partial charge in [0.15, 0.2) is 0 Å². The van der Waals surface area contributed by atoms with E-state index in [1.165, 1.54) is 18.4 Å². The van der Waals surface area contributed by atoms with Gasteiger partial charge in [0.05, 0.1) is 12.5 Å². The van der Waals surface area contributed by atoms with Gasteiger partial charge in [-0.15, -0.1) is 0 Å². The molecule has 2 aromatic rings. The second-order valence-electron chi connectivity index (χ2n) is 6.73. The average Bonchev–Trinajstić information content (AvgIpc) is 3.14. The van der Waals surface area contributed by atoms with E-state index in [9.17, 15) is 0 Å². The molecule has 1 N–H and O–H groups in total. The molecule has 3 heterocycles. The molecule has 2 fully saturated rings. The number of ether oxygens (including phenoxy) is 2. The summed E-state index contributed by atoms with van der Waals surface area (Å²) in [7, 11) is 0. The van der Waals surface area contributed by atoms with Crippen molar-refractivity contribution in [2.24, 2.45) is 5.92 Å². The van der Waals surface area contributed by atoms with Crippen LogP contribution in [-0.2, 0) is 11.3 Å². The summed E-state index contributed by atoms with van der Waals surface area (Å²) in [5.41, 5.74) is 1.30. The molecule has 24 heavy (non-hydrogen) atoms. The van der Waals surface area contributed by atoms with Crippen molar-refractivity contribution in [2.45, 2.75) is 37.8 Å². The lowest BCUT2D eigenvalue weighted by Gasteiger charge is -2.27. The lowest BCUT2D eigenvalue weighted by molar-refractivity contribution is 0.101. The molecular weight excluding hydrogens is 304 g/mol. The zero-order chi connectivity index (χ0) is 16.2. The Labute approximate surface area is 142 Å². The van der Waals surface area contributed by atoms with Crippen LogP contribution < -0.4 is 10.1 Å². The van der Waals surface area contributed by atoms with Crippen LogP contribution >= 0.6 is 0 Å². The highest BCUT2D eigenvalue weighted by molar-refractivity contribution is 5.30. The monoisotopic (exact) mass is 328 g/mol. The first-order chi connectivity index (χ1) is 11.9. The zero-order valence-electron chi connectivity index (χ0n) is 13.8. The summed E-state index contributed by atoms with van der Waals surface area (Å²) in [6.45, 7) is 3.18. The number of nitrogens with one attached hydrogen (secondary N) is 1. The van der Waals surface area contributed by atoms with Crippen LogP contribution in [0.25, 0.3) is 0 Å². The summed E-state index contributed by atoms with van der Waals surface area (Å²) in [4.78, 5) is 4.34. The van der Waals surface area contributed by atoms with E-state index in [2.05, 4.69) is 16.4 Å². The fourth-order valence-electron chi connectivity index (χ4n) is 3.18. The van der Waals surface area contributed by atoms with Gasteiger partial charge in [-0.25, -0.2) is 0 Å². The summed E-state index contributed by atoms with van der Waals surface area (Å²) < 4.78 is 16.8. The van der Waals surface area contributed by atoms with Gasteiger partial charge in [0.25, 0.3) is 0 Å². The molecule has 0 aromatic carbocycles. The van der Waals surface area contributed by atoms with E-state index in [0.717, 1.165) is 37.7 Å². The third kappa shape index (κ3) is 3.97. The van der Waals surface area contributed by atoms with Gasteiger partial charge in [0.1, 0.15) is 24.7 Å². The van der Waals surface area contributed by atoms with Crippen LogP contribution in [0.2, 0.25) is 0 Å².